The molecule has 1 fully saturated rings. The van der Waals surface area contributed by atoms with E-state index in [9.17, 15) is 14.4 Å². The Morgan fingerprint density at radius 2 is 1.79 bits per heavy atom. The fourth-order valence-electron chi connectivity index (χ4n) is 3.84. The molecule has 202 valence electrons. The number of para-hydroxylation sites is 2. The van der Waals surface area contributed by atoms with Gasteiger partial charge in [0.1, 0.15) is 16.2 Å². The van der Waals surface area contributed by atoms with Crippen molar-refractivity contribution >= 4 is 62.2 Å². The Labute approximate surface area is 229 Å². The summed E-state index contributed by atoms with van der Waals surface area (Å²) in [6.07, 6.45) is -0.314. The molecule has 2 aromatic heterocycles. The number of nitrogens with zero attached hydrogens (tertiary/aromatic N) is 3. The zero-order chi connectivity index (χ0) is 27.4. The van der Waals surface area contributed by atoms with E-state index in [-0.39, 0.29) is 17.7 Å². The molecule has 4 rings (SSSR count). The van der Waals surface area contributed by atoms with Gasteiger partial charge in [-0.15, -0.1) is 22.7 Å². The molecule has 0 spiro atoms. The maximum atomic E-state index is 13.0. The normalized spacial score (nSPS) is 13.7. The number of hydrogen-bond acceptors (Lipinski definition) is 10. The van der Waals surface area contributed by atoms with Crippen molar-refractivity contribution in [2.24, 2.45) is 0 Å². The van der Waals surface area contributed by atoms with Gasteiger partial charge in [0.05, 0.1) is 23.5 Å². The van der Waals surface area contributed by atoms with Crippen LogP contribution in [0.1, 0.15) is 46.5 Å². The summed E-state index contributed by atoms with van der Waals surface area (Å²) in [6, 6.07) is 9.34. The second kappa shape index (κ2) is 11.4. The average molecular weight is 558 g/mol. The summed E-state index contributed by atoms with van der Waals surface area (Å²) in [4.78, 5) is 46.0. The molecule has 0 bridgehead atoms. The number of thiazole rings is 1. The van der Waals surface area contributed by atoms with Crippen LogP contribution in [-0.2, 0) is 9.47 Å². The lowest BCUT2D eigenvalue weighted by Crippen LogP contribution is -2.50. The SMILES string of the molecule is COC(=O)c1cc(C)c(Nc2nc(C(=O)Nc3ccccc3N3CCN(C(=O)OC(C)(C)C)CC3)cs2)s1. The number of aryl methyl sites for hydroxylation is 1. The highest BCUT2D eigenvalue weighted by molar-refractivity contribution is 7.19. The summed E-state index contributed by atoms with van der Waals surface area (Å²) in [6.45, 7) is 9.73. The minimum Gasteiger partial charge on any atom is -0.465 e. The van der Waals surface area contributed by atoms with Gasteiger partial charge in [-0.2, -0.15) is 0 Å². The molecule has 10 nitrogen and oxygen atoms in total. The number of anilines is 4. The molecule has 1 aromatic carbocycles. The van der Waals surface area contributed by atoms with Crippen molar-refractivity contribution in [1.82, 2.24) is 9.88 Å². The predicted molar refractivity (Wildman–Crippen MR) is 150 cm³/mol. The van der Waals surface area contributed by atoms with E-state index in [1.54, 1.807) is 16.3 Å². The number of piperazine rings is 1. The maximum Gasteiger partial charge on any atom is 0.410 e. The fourth-order valence-corrected chi connectivity index (χ4v) is 5.59. The van der Waals surface area contributed by atoms with Crippen molar-refractivity contribution in [3.63, 3.8) is 0 Å². The Bertz CT molecular complexity index is 1320. The molecule has 0 radical (unpaired) electrons. The van der Waals surface area contributed by atoms with Crippen LogP contribution in [0.2, 0.25) is 0 Å². The minimum absolute atomic E-state index is 0.282. The summed E-state index contributed by atoms with van der Waals surface area (Å²) in [5.74, 6) is -0.720. The molecule has 0 atom stereocenters. The molecule has 3 heterocycles. The van der Waals surface area contributed by atoms with Crippen LogP contribution in [0.15, 0.2) is 35.7 Å². The molecule has 0 aliphatic carbocycles. The second-order valence-electron chi connectivity index (χ2n) is 9.70. The molecule has 38 heavy (non-hydrogen) atoms. The number of carbonyl (C=O) groups excluding carboxylic acids is 3. The second-order valence-corrected chi connectivity index (χ2v) is 11.6. The third-order valence-corrected chi connectivity index (χ3v) is 7.58. The Hall–Kier alpha value is -3.64. The van der Waals surface area contributed by atoms with Crippen LogP contribution in [0, 0.1) is 6.92 Å². The van der Waals surface area contributed by atoms with Gasteiger partial charge in [0.2, 0.25) is 0 Å². The molecule has 2 N–H and O–H groups in total. The lowest BCUT2D eigenvalue weighted by Gasteiger charge is -2.37. The van der Waals surface area contributed by atoms with Crippen molar-refractivity contribution in [3.8, 4) is 0 Å². The molecule has 2 amide bonds. The van der Waals surface area contributed by atoms with E-state index in [0.717, 1.165) is 16.3 Å². The van der Waals surface area contributed by atoms with Gasteiger partial charge in [0.25, 0.3) is 5.91 Å². The Morgan fingerprint density at radius 1 is 1.08 bits per heavy atom. The number of rotatable bonds is 6. The van der Waals surface area contributed by atoms with Gasteiger partial charge in [-0.3, -0.25) is 4.79 Å². The summed E-state index contributed by atoms with van der Waals surface area (Å²) in [7, 11) is 1.35. The summed E-state index contributed by atoms with van der Waals surface area (Å²) in [5.41, 5.74) is 2.18. The van der Waals surface area contributed by atoms with Gasteiger partial charge >= 0.3 is 12.1 Å². The van der Waals surface area contributed by atoms with Gasteiger partial charge < -0.3 is 29.9 Å². The van der Waals surface area contributed by atoms with Crippen LogP contribution in [0.5, 0.6) is 0 Å². The highest BCUT2D eigenvalue weighted by atomic mass is 32.1. The zero-order valence-electron chi connectivity index (χ0n) is 22.0. The summed E-state index contributed by atoms with van der Waals surface area (Å²) < 4.78 is 10.3. The number of thiophene rings is 1. The first-order valence-corrected chi connectivity index (χ1v) is 13.8. The Kier molecular flexibility index (Phi) is 8.22. The molecule has 1 aliphatic rings. The first-order chi connectivity index (χ1) is 18.0. The van der Waals surface area contributed by atoms with Gasteiger partial charge in [-0.1, -0.05) is 12.1 Å². The van der Waals surface area contributed by atoms with E-state index in [2.05, 4.69) is 20.5 Å². The predicted octanol–water partition coefficient (Wildman–Crippen LogP) is 5.35. The number of amides is 2. The highest BCUT2D eigenvalue weighted by Crippen LogP contribution is 2.32. The number of nitrogens with one attached hydrogen (secondary N) is 2. The molecule has 0 saturated carbocycles. The minimum atomic E-state index is -0.537. The van der Waals surface area contributed by atoms with Gasteiger partial charge in [0.15, 0.2) is 5.13 Å². The average Bonchev–Trinajstić information content (AvgIpc) is 3.50. The number of methoxy groups -OCH3 is 1. The van der Waals surface area contributed by atoms with Crippen LogP contribution in [-0.4, -0.2) is 66.7 Å². The van der Waals surface area contributed by atoms with E-state index in [4.69, 9.17) is 9.47 Å². The molecule has 1 saturated heterocycles. The summed E-state index contributed by atoms with van der Waals surface area (Å²) in [5, 5.41) is 9.16. The van der Waals surface area contributed by atoms with E-state index < -0.39 is 11.6 Å². The quantitative estimate of drug-likeness (QED) is 0.390. The van der Waals surface area contributed by atoms with E-state index in [1.165, 1.54) is 29.8 Å². The van der Waals surface area contributed by atoms with E-state index >= 15 is 0 Å². The Morgan fingerprint density at radius 3 is 2.47 bits per heavy atom. The van der Waals surface area contributed by atoms with Crippen LogP contribution < -0.4 is 15.5 Å². The van der Waals surface area contributed by atoms with Crippen molar-refractivity contribution in [2.75, 3.05) is 48.8 Å². The third-order valence-electron chi connectivity index (χ3n) is 5.69. The molecular weight excluding hydrogens is 526 g/mol. The maximum absolute atomic E-state index is 13.0. The smallest absolute Gasteiger partial charge is 0.410 e. The van der Waals surface area contributed by atoms with Gasteiger partial charge in [-0.05, 0) is 51.5 Å². The topological polar surface area (TPSA) is 113 Å². The third kappa shape index (κ3) is 6.62. The molecule has 0 unspecified atom stereocenters. The van der Waals surface area contributed by atoms with Crippen molar-refractivity contribution in [2.45, 2.75) is 33.3 Å². The molecule has 3 aromatic rings. The monoisotopic (exact) mass is 557 g/mol. The number of esters is 1. The Balaban J connectivity index is 1.39. The standard InChI is InChI=1S/C26H31N5O5S2/c1-16-14-20(23(33)35-5)38-22(16)29-24-28-18(15-37-24)21(32)27-17-8-6-7-9-19(17)30-10-12-31(13-11-30)25(34)36-26(2,3)4/h6-9,14-15H,10-13H2,1-5H3,(H,27,32)(H,28,29). The lowest BCUT2D eigenvalue weighted by atomic mass is 10.2. The zero-order valence-corrected chi connectivity index (χ0v) is 23.6. The van der Waals surface area contributed by atoms with Crippen LogP contribution in [0.25, 0.3) is 0 Å². The number of benzene rings is 1. The number of hydrogen-bond donors (Lipinski definition) is 2. The first-order valence-electron chi connectivity index (χ1n) is 12.1. The number of carbonyl (C=O) groups is 3. The van der Waals surface area contributed by atoms with Gasteiger partial charge in [0, 0.05) is 31.6 Å². The number of aromatic nitrogens is 1. The van der Waals surface area contributed by atoms with Crippen molar-refractivity contribution in [1.29, 1.82) is 0 Å². The van der Waals surface area contributed by atoms with E-state index in [0.29, 0.717) is 41.9 Å². The number of ether oxygens (including phenoxy) is 2. The van der Waals surface area contributed by atoms with E-state index in [1.807, 2.05) is 52.0 Å². The van der Waals surface area contributed by atoms with Crippen LogP contribution >= 0.6 is 22.7 Å². The first kappa shape index (κ1) is 27.4. The summed E-state index contributed by atoms with van der Waals surface area (Å²) >= 11 is 2.57. The van der Waals surface area contributed by atoms with Crippen molar-refractivity contribution < 1.29 is 23.9 Å². The lowest BCUT2D eigenvalue weighted by molar-refractivity contribution is 0.0240. The fraction of sp³-hybridized carbons (Fsp3) is 0.385. The molecule has 12 heteroatoms. The molecular formula is C26H31N5O5S2. The van der Waals surface area contributed by atoms with Crippen LogP contribution in [0.4, 0.5) is 26.3 Å². The largest absolute Gasteiger partial charge is 0.465 e. The van der Waals surface area contributed by atoms with Gasteiger partial charge in [-0.25, -0.2) is 14.6 Å². The molecule has 1 aliphatic heterocycles. The van der Waals surface area contributed by atoms with Crippen molar-refractivity contribution in [3.05, 3.63) is 51.8 Å². The van der Waals surface area contributed by atoms with Crippen LogP contribution in [0.3, 0.4) is 0 Å². The highest BCUT2D eigenvalue weighted by Gasteiger charge is 2.27.